The van der Waals surface area contributed by atoms with E-state index in [2.05, 4.69) is 36.2 Å². The van der Waals surface area contributed by atoms with Gasteiger partial charge in [-0.25, -0.2) is 4.79 Å². The van der Waals surface area contributed by atoms with Gasteiger partial charge in [-0.2, -0.15) is 0 Å². The Hall–Kier alpha value is -3.64. The van der Waals surface area contributed by atoms with Crippen molar-refractivity contribution in [1.29, 1.82) is 0 Å². The van der Waals surface area contributed by atoms with Crippen molar-refractivity contribution in [2.75, 3.05) is 31.6 Å². The number of hydrogen-bond donors (Lipinski definition) is 1. The molecule has 3 aromatic carbocycles. The first-order valence-electron chi connectivity index (χ1n) is 11.8. The van der Waals surface area contributed by atoms with Gasteiger partial charge in [0.2, 0.25) is 0 Å². The number of nitrogens with two attached hydrogens (primary N) is 1. The molecule has 2 N–H and O–H groups in total. The smallest absolute Gasteiger partial charge is 0.323 e. The number of hydrogen-bond acceptors (Lipinski definition) is 3. The minimum Gasteiger partial charge on any atom is -0.351 e. The molecule has 0 atom stereocenters. The summed E-state index contributed by atoms with van der Waals surface area (Å²) in [6, 6.07) is 26.8. The zero-order chi connectivity index (χ0) is 23.9. The minimum absolute atomic E-state index is 0.0299. The number of anilines is 2. The Morgan fingerprint density at radius 1 is 0.853 bits per heavy atom. The Labute approximate surface area is 201 Å². The molecule has 6 nitrogen and oxygen atoms in total. The molecule has 1 saturated heterocycles. The summed E-state index contributed by atoms with van der Waals surface area (Å²) in [7, 11) is 2.18. The topological polar surface area (TPSA) is 69.9 Å². The molecule has 1 fully saturated rings. The zero-order valence-electron chi connectivity index (χ0n) is 19.6. The number of amides is 3. The SMILES string of the molecule is CN(CCc1ccccc1)C1CCN(C(=O)c2ccc(N(C(N)=O)c3ccccc3)cc2)CC1. The summed E-state index contributed by atoms with van der Waals surface area (Å²) in [4.78, 5) is 30.9. The van der Waals surface area contributed by atoms with E-state index in [1.807, 2.05) is 41.3 Å². The molecule has 34 heavy (non-hydrogen) atoms. The van der Waals surface area contributed by atoms with Crippen molar-refractivity contribution in [2.24, 2.45) is 5.73 Å². The number of urea groups is 1. The summed E-state index contributed by atoms with van der Waals surface area (Å²) in [6.45, 7) is 2.51. The summed E-state index contributed by atoms with van der Waals surface area (Å²) < 4.78 is 0. The number of para-hydroxylation sites is 1. The fourth-order valence-electron chi connectivity index (χ4n) is 4.56. The predicted octanol–water partition coefficient (Wildman–Crippen LogP) is 4.68. The third-order valence-electron chi connectivity index (χ3n) is 6.58. The van der Waals surface area contributed by atoms with E-state index in [0.717, 1.165) is 38.9 Å². The van der Waals surface area contributed by atoms with Crippen molar-refractivity contribution in [3.8, 4) is 0 Å². The average molecular weight is 457 g/mol. The molecule has 0 saturated carbocycles. The van der Waals surface area contributed by atoms with Gasteiger partial charge in [-0.3, -0.25) is 9.69 Å². The maximum absolute atomic E-state index is 13.1. The monoisotopic (exact) mass is 456 g/mol. The highest BCUT2D eigenvalue weighted by molar-refractivity contribution is 5.99. The van der Waals surface area contributed by atoms with Gasteiger partial charge in [-0.15, -0.1) is 0 Å². The van der Waals surface area contributed by atoms with Crippen molar-refractivity contribution >= 4 is 23.3 Å². The quantitative estimate of drug-likeness (QED) is 0.561. The number of primary amides is 1. The van der Waals surface area contributed by atoms with Crippen LogP contribution in [0.1, 0.15) is 28.8 Å². The molecule has 3 amide bonds. The molecular formula is C28H32N4O2. The Bertz CT molecular complexity index is 1080. The molecule has 0 bridgehead atoms. The van der Waals surface area contributed by atoms with Crippen LogP contribution in [0.3, 0.4) is 0 Å². The van der Waals surface area contributed by atoms with E-state index in [0.29, 0.717) is 23.0 Å². The van der Waals surface area contributed by atoms with Crippen LogP contribution in [0.15, 0.2) is 84.9 Å². The normalized spacial score (nSPS) is 14.2. The highest BCUT2D eigenvalue weighted by atomic mass is 16.2. The third-order valence-corrected chi connectivity index (χ3v) is 6.58. The molecule has 1 aliphatic heterocycles. The standard InChI is InChI=1S/C28H32N4O2/c1-30(19-16-22-8-4-2-5-9-22)24-17-20-31(21-18-24)27(33)23-12-14-26(15-13-23)32(28(29)34)25-10-6-3-7-11-25/h2-15,24H,16-21H2,1H3,(H2,29,34). The molecule has 0 aliphatic carbocycles. The molecule has 4 rings (SSSR count). The largest absolute Gasteiger partial charge is 0.351 e. The molecule has 0 spiro atoms. The van der Waals surface area contributed by atoms with E-state index in [1.165, 1.54) is 10.5 Å². The van der Waals surface area contributed by atoms with Crippen molar-refractivity contribution < 1.29 is 9.59 Å². The Morgan fingerprint density at radius 3 is 2.00 bits per heavy atom. The van der Waals surface area contributed by atoms with Crippen molar-refractivity contribution in [3.05, 3.63) is 96.1 Å². The van der Waals surface area contributed by atoms with Gasteiger partial charge in [-0.05, 0) is 68.3 Å². The number of nitrogens with zero attached hydrogens (tertiary/aromatic N) is 3. The number of benzene rings is 3. The van der Waals surface area contributed by atoms with E-state index in [9.17, 15) is 9.59 Å². The van der Waals surface area contributed by atoms with E-state index < -0.39 is 6.03 Å². The van der Waals surface area contributed by atoms with Crippen LogP contribution in [0.25, 0.3) is 0 Å². The second-order valence-corrected chi connectivity index (χ2v) is 8.80. The molecule has 6 heteroatoms. The van der Waals surface area contributed by atoms with Gasteiger partial charge in [-0.1, -0.05) is 48.5 Å². The van der Waals surface area contributed by atoms with Crippen molar-refractivity contribution in [3.63, 3.8) is 0 Å². The average Bonchev–Trinajstić information content (AvgIpc) is 2.88. The van der Waals surface area contributed by atoms with Gasteiger partial charge in [0.25, 0.3) is 5.91 Å². The van der Waals surface area contributed by atoms with E-state index in [4.69, 9.17) is 5.73 Å². The van der Waals surface area contributed by atoms with Crippen LogP contribution < -0.4 is 10.6 Å². The van der Waals surface area contributed by atoms with Crippen LogP contribution in [0.5, 0.6) is 0 Å². The second-order valence-electron chi connectivity index (χ2n) is 8.80. The van der Waals surface area contributed by atoms with Gasteiger partial charge < -0.3 is 15.5 Å². The lowest BCUT2D eigenvalue weighted by atomic mass is 10.0. The number of likely N-dealkylation sites (tertiary alicyclic amines) is 1. The number of likely N-dealkylation sites (N-methyl/N-ethyl adjacent to an activating group) is 1. The Morgan fingerprint density at radius 2 is 1.41 bits per heavy atom. The third kappa shape index (κ3) is 5.64. The minimum atomic E-state index is -0.566. The van der Waals surface area contributed by atoms with Gasteiger partial charge in [0, 0.05) is 31.2 Å². The van der Waals surface area contributed by atoms with Gasteiger partial charge >= 0.3 is 6.03 Å². The lowest BCUT2D eigenvalue weighted by Gasteiger charge is -2.37. The lowest BCUT2D eigenvalue weighted by Crippen LogP contribution is -2.46. The molecule has 0 radical (unpaired) electrons. The van der Waals surface area contributed by atoms with Gasteiger partial charge in [0.15, 0.2) is 0 Å². The highest BCUT2D eigenvalue weighted by Gasteiger charge is 2.26. The predicted molar refractivity (Wildman–Crippen MR) is 136 cm³/mol. The highest BCUT2D eigenvalue weighted by Crippen LogP contribution is 2.26. The summed E-state index contributed by atoms with van der Waals surface area (Å²) in [5.74, 6) is 0.0299. The molecule has 3 aromatic rings. The Kier molecular flexibility index (Phi) is 7.60. The molecule has 0 aromatic heterocycles. The molecule has 1 aliphatic rings. The lowest BCUT2D eigenvalue weighted by molar-refractivity contribution is 0.0647. The van der Waals surface area contributed by atoms with Crippen molar-refractivity contribution in [2.45, 2.75) is 25.3 Å². The van der Waals surface area contributed by atoms with E-state index in [1.54, 1.807) is 24.3 Å². The van der Waals surface area contributed by atoms with Crippen LogP contribution in [0.4, 0.5) is 16.2 Å². The maximum atomic E-state index is 13.1. The molecule has 1 heterocycles. The second kappa shape index (κ2) is 11.0. The van der Waals surface area contributed by atoms with Crippen LogP contribution in [-0.4, -0.2) is 54.5 Å². The van der Waals surface area contributed by atoms with Gasteiger partial charge in [0.1, 0.15) is 0 Å². The first-order chi connectivity index (χ1) is 16.5. The van der Waals surface area contributed by atoms with Crippen LogP contribution in [0.2, 0.25) is 0 Å². The molecule has 176 valence electrons. The molecular weight excluding hydrogens is 424 g/mol. The first-order valence-corrected chi connectivity index (χ1v) is 11.8. The van der Waals surface area contributed by atoms with Gasteiger partial charge in [0.05, 0.1) is 11.4 Å². The fourth-order valence-corrected chi connectivity index (χ4v) is 4.56. The number of rotatable bonds is 7. The zero-order valence-corrected chi connectivity index (χ0v) is 19.6. The number of carbonyl (C=O) groups is 2. The summed E-state index contributed by atoms with van der Waals surface area (Å²) in [6.07, 6.45) is 2.98. The number of piperidine rings is 1. The van der Waals surface area contributed by atoms with E-state index >= 15 is 0 Å². The first kappa shape index (κ1) is 23.5. The van der Waals surface area contributed by atoms with Crippen LogP contribution in [0, 0.1) is 0 Å². The summed E-state index contributed by atoms with van der Waals surface area (Å²) >= 11 is 0. The van der Waals surface area contributed by atoms with E-state index in [-0.39, 0.29) is 5.91 Å². The van der Waals surface area contributed by atoms with Crippen LogP contribution in [-0.2, 0) is 6.42 Å². The van der Waals surface area contributed by atoms with Crippen LogP contribution >= 0.6 is 0 Å². The fraction of sp³-hybridized carbons (Fsp3) is 0.286. The summed E-state index contributed by atoms with van der Waals surface area (Å²) in [5.41, 5.74) is 8.91. The molecule has 0 unspecified atom stereocenters. The van der Waals surface area contributed by atoms with Crippen molar-refractivity contribution in [1.82, 2.24) is 9.80 Å². The summed E-state index contributed by atoms with van der Waals surface area (Å²) in [5, 5.41) is 0. The maximum Gasteiger partial charge on any atom is 0.323 e. The Balaban J connectivity index is 1.33. The number of carbonyl (C=O) groups excluding carboxylic acids is 2.